The minimum absolute atomic E-state index is 0.460. The summed E-state index contributed by atoms with van der Waals surface area (Å²) in [5.41, 5.74) is 0. The fourth-order valence-electron chi connectivity index (χ4n) is 1.26. The number of alkyl halides is 1. The Bertz CT molecular complexity index is 253. The number of ether oxygens (including phenoxy) is 1. The minimum Gasteiger partial charge on any atom is -0.492 e. The fourth-order valence-corrected chi connectivity index (χ4v) is 1.58. The highest BCUT2D eigenvalue weighted by Gasteiger charge is 1.99. The summed E-state index contributed by atoms with van der Waals surface area (Å²) in [5, 5.41) is 3.34. The molecule has 3 heteroatoms. The second-order valence-corrected chi connectivity index (χ2v) is 3.87. The summed E-state index contributed by atoms with van der Waals surface area (Å²) in [7, 11) is 0. The highest BCUT2D eigenvalue weighted by molar-refractivity contribution is 6.17. The molecule has 0 heterocycles. The second kappa shape index (κ2) is 7.55. The van der Waals surface area contributed by atoms with Gasteiger partial charge in [-0.25, -0.2) is 0 Å². The fraction of sp³-hybridized carbons (Fsp3) is 0.500. The Morgan fingerprint density at radius 1 is 1.33 bits per heavy atom. The number of nitrogens with one attached hydrogen (secondary N) is 1. The number of benzene rings is 1. The summed E-state index contributed by atoms with van der Waals surface area (Å²) in [6.45, 7) is 3.68. The van der Waals surface area contributed by atoms with Gasteiger partial charge in [0.25, 0.3) is 0 Å². The third kappa shape index (κ3) is 5.65. The molecule has 1 atom stereocenters. The molecule has 0 bridgehead atoms. The first-order valence-electron chi connectivity index (χ1n) is 5.30. The second-order valence-electron chi connectivity index (χ2n) is 3.49. The lowest BCUT2D eigenvalue weighted by atomic mass is 10.2. The van der Waals surface area contributed by atoms with Crippen LogP contribution in [0.4, 0.5) is 0 Å². The normalized spacial score (nSPS) is 12.4. The molecule has 0 saturated carbocycles. The van der Waals surface area contributed by atoms with E-state index >= 15 is 0 Å². The number of hydrogen-bond donors (Lipinski definition) is 1. The van der Waals surface area contributed by atoms with Crippen molar-refractivity contribution in [2.45, 2.75) is 19.4 Å². The van der Waals surface area contributed by atoms with Crippen LogP contribution in [0.3, 0.4) is 0 Å². The number of rotatable bonds is 7. The molecule has 1 rings (SSSR count). The highest BCUT2D eigenvalue weighted by atomic mass is 35.5. The van der Waals surface area contributed by atoms with E-state index in [0.717, 1.165) is 18.7 Å². The van der Waals surface area contributed by atoms with E-state index in [1.165, 1.54) is 0 Å². The van der Waals surface area contributed by atoms with E-state index in [0.29, 0.717) is 18.5 Å². The number of para-hydroxylation sites is 1. The van der Waals surface area contributed by atoms with E-state index in [1.54, 1.807) is 0 Å². The Morgan fingerprint density at radius 2 is 2.07 bits per heavy atom. The van der Waals surface area contributed by atoms with Gasteiger partial charge < -0.3 is 10.1 Å². The average molecular weight is 228 g/mol. The van der Waals surface area contributed by atoms with E-state index in [1.807, 2.05) is 30.3 Å². The quantitative estimate of drug-likeness (QED) is 0.571. The molecular weight excluding hydrogens is 210 g/mol. The van der Waals surface area contributed by atoms with Gasteiger partial charge in [-0.3, -0.25) is 0 Å². The molecule has 0 radical (unpaired) electrons. The van der Waals surface area contributed by atoms with Gasteiger partial charge in [0.1, 0.15) is 12.4 Å². The highest BCUT2D eigenvalue weighted by Crippen LogP contribution is 2.07. The molecule has 0 aromatic heterocycles. The Labute approximate surface area is 96.6 Å². The zero-order valence-corrected chi connectivity index (χ0v) is 9.83. The van der Waals surface area contributed by atoms with Crippen LogP contribution in [-0.2, 0) is 0 Å². The summed E-state index contributed by atoms with van der Waals surface area (Å²) in [4.78, 5) is 0. The van der Waals surface area contributed by atoms with Gasteiger partial charge in [-0.05, 0) is 25.5 Å². The standard InChI is InChI=1S/C12H18ClNO/c1-11(7-8-13)14-9-10-15-12-5-3-2-4-6-12/h2-6,11,14H,7-10H2,1H3. The monoisotopic (exact) mass is 227 g/mol. The smallest absolute Gasteiger partial charge is 0.119 e. The molecule has 0 aliphatic rings. The molecule has 1 aromatic carbocycles. The van der Waals surface area contributed by atoms with Crippen molar-refractivity contribution in [2.24, 2.45) is 0 Å². The van der Waals surface area contributed by atoms with Gasteiger partial charge in [0.15, 0.2) is 0 Å². The maximum atomic E-state index is 5.63. The van der Waals surface area contributed by atoms with Gasteiger partial charge >= 0.3 is 0 Å². The molecule has 15 heavy (non-hydrogen) atoms. The van der Waals surface area contributed by atoms with Crippen LogP contribution in [0.5, 0.6) is 5.75 Å². The van der Waals surface area contributed by atoms with Crippen molar-refractivity contribution in [3.05, 3.63) is 30.3 Å². The zero-order chi connectivity index (χ0) is 10.9. The van der Waals surface area contributed by atoms with Gasteiger partial charge in [0.2, 0.25) is 0 Å². The molecule has 0 aliphatic carbocycles. The summed E-state index contributed by atoms with van der Waals surface area (Å²) < 4.78 is 5.54. The van der Waals surface area contributed by atoms with E-state index in [9.17, 15) is 0 Å². The third-order valence-corrected chi connectivity index (χ3v) is 2.37. The van der Waals surface area contributed by atoms with Gasteiger partial charge in [0.05, 0.1) is 0 Å². The largest absolute Gasteiger partial charge is 0.492 e. The summed E-state index contributed by atoms with van der Waals surface area (Å²) in [6.07, 6.45) is 0.993. The number of hydrogen-bond acceptors (Lipinski definition) is 2. The lowest BCUT2D eigenvalue weighted by Gasteiger charge is -2.12. The van der Waals surface area contributed by atoms with Crippen LogP contribution in [0.2, 0.25) is 0 Å². The average Bonchev–Trinajstić information content (AvgIpc) is 2.26. The predicted octanol–water partition coefficient (Wildman–Crippen LogP) is 2.67. The first kappa shape index (κ1) is 12.3. The Hall–Kier alpha value is -0.730. The molecule has 0 fully saturated rings. The summed E-state index contributed by atoms with van der Waals surface area (Å²) in [5.74, 6) is 1.62. The molecule has 0 aliphatic heterocycles. The molecular formula is C12H18ClNO. The molecule has 1 unspecified atom stereocenters. The Balaban J connectivity index is 2.07. The van der Waals surface area contributed by atoms with E-state index in [4.69, 9.17) is 16.3 Å². The lowest BCUT2D eigenvalue weighted by molar-refractivity contribution is 0.306. The first-order chi connectivity index (χ1) is 7.33. The Morgan fingerprint density at radius 3 is 2.73 bits per heavy atom. The van der Waals surface area contributed by atoms with Crippen molar-refractivity contribution < 1.29 is 4.74 Å². The van der Waals surface area contributed by atoms with Crippen LogP contribution < -0.4 is 10.1 Å². The van der Waals surface area contributed by atoms with Crippen molar-refractivity contribution in [2.75, 3.05) is 19.0 Å². The van der Waals surface area contributed by atoms with Crippen LogP contribution in [0.1, 0.15) is 13.3 Å². The van der Waals surface area contributed by atoms with Gasteiger partial charge in [-0.15, -0.1) is 11.6 Å². The Kier molecular flexibility index (Phi) is 6.21. The number of halogens is 1. The third-order valence-electron chi connectivity index (χ3n) is 2.15. The lowest BCUT2D eigenvalue weighted by Crippen LogP contribution is -2.30. The van der Waals surface area contributed by atoms with Gasteiger partial charge in [-0.2, -0.15) is 0 Å². The van der Waals surface area contributed by atoms with Gasteiger partial charge in [-0.1, -0.05) is 18.2 Å². The molecule has 0 amide bonds. The first-order valence-corrected chi connectivity index (χ1v) is 5.83. The summed E-state index contributed by atoms with van der Waals surface area (Å²) in [6, 6.07) is 10.3. The van der Waals surface area contributed by atoms with Crippen LogP contribution in [0.15, 0.2) is 30.3 Å². The van der Waals surface area contributed by atoms with E-state index in [-0.39, 0.29) is 0 Å². The molecule has 1 N–H and O–H groups in total. The molecule has 1 aromatic rings. The SMILES string of the molecule is CC(CCCl)NCCOc1ccccc1. The van der Waals surface area contributed by atoms with Crippen molar-refractivity contribution in [1.82, 2.24) is 5.32 Å². The van der Waals surface area contributed by atoms with Crippen LogP contribution in [-0.4, -0.2) is 25.1 Å². The predicted molar refractivity (Wildman–Crippen MR) is 64.7 cm³/mol. The van der Waals surface area contributed by atoms with Crippen LogP contribution >= 0.6 is 11.6 Å². The maximum Gasteiger partial charge on any atom is 0.119 e. The van der Waals surface area contributed by atoms with E-state index < -0.39 is 0 Å². The van der Waals surface area contributed by atoms with E-state index in [2.05, 4.69) is 12.2 Å². The molecule has 2 nitrogen and oxygen atoms in total. The maximum absolute atomic E-state index is 5.63. The molecule has 0 saturated heterocycles. The van der Waals surface area contributed by atoms with Crippen LogP contribution in [0, 0.1) is 0 Å². The minimum atomic E-state index is 0.460. The topological polar surface area (TPSA) is 21.3 Å². The molecule has 0 spiro atoms. The van der Waals surface area contributed by atoms with Gasteiger partial charge in [0, 0.05) is 18.5 Å². The zero-order valence-electron chi connectivity index (χ0n) is 9.08. The van der Waals surface area contributed by atoms with Crippen molar-refractivity contribution in [3.8, 4) is 5.75 Å². The summed E-state index contributed by atoms with van der Waals surface area (Å²) >= 11 is 5.63. The van der Waals surface area contributed by atoms with Crippen molar-refractivity contribution in [3.63, 3.8) is 0 Å². The van der Waals surface area contributed by atoms with Crippen molar-refractivity contribution in [1.29, 1.82) is 0 Å². The molecule has 84 valence electrons. The van der Waals surface area contributed by atoms with Crippen LogP contribution in [0.25, 0.3) is 0 Å². The van der Waals surface area contributed by atoms with Crippen molar-refractivity contribution >= 4 is 11.6 Å².